The second-order valence-electron chi connectivity index (χ2n) is 4.09. The SMILES string of the molecule is CCCN(CCC)Cc1sc(C)nc1C(=O)O. The highest BCUT2D eigenvalue weighted by Gasteiger charge is 2.17. The van der Waals surface area contributed by atoms with E-state index in [0.29, 0.717) is 6.54 Å². The van der Waals surface area contributed by atoms with Crippen molar-refractivity contribution in [2.75, 3.05) is 13.1 Å². The number of aryl methyl sites for hydroxylation is 1. The highest BCUT2D eigenvalue weighted by atomic mass is 32.1. The molecule has 0 unspecified atom stereocenters. The summed E-state index contributed by atoms with van der Waals surface area (Å²) in [5, 5.41) is 9.90. The molecule has 0 bridgehead atoms. The number of carboxylic acids is 1. The Hall–Kier alpha value is -0.940. The normalized spacial score (nSPS) is 11.1. The van der Waals surface area contributed by atoms with Gasteiger partial charge in [-0.1, -0.05) is 13.8 Å². The van der Waals surface area contributed by atoms with Gasteiger partial charge in [-0.3, -0.25) is 4.90 Å². The highest BCUT2D eigenvalue weighted by molar-refractivity contribution is 7.11. The lowest BCUT2D eigenvalue weighted by molar-refractivity contribution is 0.0689. The molecular formula is C12H20N2O2S. The van der Waals surface area contributed by atoms with Crippen molar-refractivity contribution in [1.29, 1.82) is 0 Å². The fraction of sp³-hybridized carbons (Fsp3) is 0.667. The van der Waals surface area contributed by atoms with Crippen LogP contribution in [0.25, 0.3) is 0 Å². The fourth-order valence-corrected chi connectivity index (χ4v) is 2.82. The van der Waals surface area contributed by atoms with Crippen LogP contribution in [0.4, 0.5) is 0 Å². The number of aromatic nitrogens is 1. The molecule has 0 atom stereocenters. The number of thiazole rings is 1. The van der Waals surface area contributed by atoms with E-state index in [1.54, 1.807) is 0 Å². The van der Waals surface area contributed by atoms with Gasteiger partial charge in [-0.05, 0) is 32.9 Å². The van der Waals surface area contributed by atoms with Crippen LogP contribution in [0.5, 0.6) is 0 Å². The van der Waals surface area contributed by atoms with Crippen molar-refractivity contribution >= 4 is 17.3 Å². The molecule has 0 aromatic carbocycles. The number of rotatable bonds is 7. The Kier molecular flexibility index (Phi) is 5.58. The van der Waals surface area contributed by atoms with Gasteiger partial charge >= 0.3 is 5.97 Å². The predicted molar refractivity (Wildman–Crippen MR) is 69.7 cm³/mol. The van der Waals surface area contributed by atoms with Crippen molar-refractivity contribution < 1.29 is 9.90 Å². The van der Waals surface area contributed by atoms with Crippen LogP contribution in [-0.4, -0.2) is 34.0 Å². The molecule has 1 aromatic heterocycles. The Bertz CT molecular complexity index is 371. The van der Waals surface area contributed by atoms with Crippen molar-refractivity contribution in [3.05, 3.63) is 15.6 Å². The third-order valence-electron chi connectivity index (χ3n) is 2.45. The molecule has 0 aliphatic heterocycles. The van der Waals surface area contributed by atoms with E-state index in [2.05, 4.69) is 23.7 Å². The fourth-order valence-electron chi connectivity index (χ4n) is 1.85. The highest BCUT2D eigenvalue weighted by Crippen LogP contribution is 2.20. The average Bonchev–Trinajstić information content (AvgIpc) is 2.60. The molecule has 1 aromatic rings. The van der Waals surface area contributed by atoms with Gasteiger partial charge in [0, 0.05) is 6.54 Å². The van der Waals surface area contributed by atoms with Gasteiger partial charge in [-0.15, -0.1) is 11.3 Å². The molecule has 5 heteroatoms. The van der Waals surface area contributed by atoms with E-state index in [0.717, 1.165) is 35.8 Å². The first-order valence-electron chi connectivity index (χ1n) is 6.00. The zero-order chi connectivity index (χ0) is 12.8. The van der Waals surface area contributed by atoms with Gasteiger partial charge in [0.25, 0.3) is 0 Å². The van der Waals surface area contributed by atoms with E-state index in [-0.39, 0.29) is 5.69 Å². The lowest BCUT2D eigenvalue weighted by Gasteiger charge is -2.20. The summed E-state index contributed by atoms with van der Waals surface area (Å²) < 4.78 is 0. The minimum absolute atomic E-state index is 0.227. The van der Waals surface area contributed by atoms with Gasteiger partial charge in [0.05, 0.1) is 9.88 Å². The Morgan fingerprint density at radius 1 is 1.35 bits per heavy atom. The first-order chi connectivity index (χ1) is 8.08. The summed E-state index contributed by atoms with van der Waals surface area (Å²) in [5.41, 5.74) is 0.227. The van der Waals surface area contributed by atoms with E-state index >= 15 is 0 Å². The maximum Gasteiger partial charge on any atom is 0.355 e. The zero-order valence-electron chi connectivity index (χ0n) is 10.7. The van der Waals surface area contributed by atoms with Gasteiger partial charge in [0.2, 0.25) is 0 Å². The van der Waals surface area contributed by atoms with Crippen molar-refractivity contribution in [3.63, 3.8) is 0 Å². The molecule has 0 aliphatic carbocycles. The number of carbonyl (C=O) groups is 1. The Labute approximate surface area is 106 Å². The summed E-state index contributed by atoms with van der Waals surface area (Å²) in [6.45, 7) is 8.84. The quantitative estimate of drug-likeness (QED) is 0.815. The first-order valence-corrected chi connectivity index (χ1v) is 6.82. The van der Waals surface area contributed by atoms with E-state index in [4.69, 9.17) is 5.11 Å². The summed E-state index contributed by atoms with van der Waals surface area (Å²) in [6, 6.07) is 0. The largest absolute Gasteiger partial charge is 0.476 e. The standard InChI is InChI=1S/C12H20N2O2S/c1-4-6-14(7-5-2)8-10-11(12(15)16)13-9(3)17-10/h4-8H2,1-3H3,(H,15,16). The molecule has 0 spiro atoms. The summed E-state index contributed by atoms with van der Waals surface area (Å²) in [5.74, 6) is -0.919. The van der Waals surface area contributed by atoms with E-state index in [1.807, 2.05) is 6.92 Å². The Morgan fingerprint density at radius 2 is 1.94 bits per heavy atom. The third-order valence-corrected chi connectivity index (χ3v) is 3.41. The van der Waals surface area contributed by atoms with Gasteiger partial charge in [0.1, 0.15) is 0 Å². The molecule has 1 heterocycles. The van der Waals surface area contributed by atoms with Crippen LogP contribution in [-0.2, 0) is 6.54 Å². The second-order valence-corrected chi connectivity index (χ2v) is 5.37. The second kappa shape index (κ2) is 6.71. The molecule has 1 rings (SSSR count). The molecule has 17 heavy (non-hydrogen) atoms. The number of hydrogen-bond acceptors (Lipinski definition) is 4. The molecule has 0 saturated heterocycles. The smallest absolute Gasteiger partial charge is 0.355 e. The Balaban J connectivity index is 2.80. The monoisotopic (exact) mass is 256 g/mol. The summed E-state index contributed by atoms with van der Waals surface area (Å²) in [4.78, 5) is 18.3. The van der Waals surface area contributed by atoms with Crippen molar-refractivity contribution in [1.82, 2.24) is 9.88 Å². The molecule has 1 N–H and O–H groups in total. The number of carboxylic acid groups (broad SMARTS) is 1. The molecule has 4 nitrogen and oxygen atoms in total. The minimum Gasteiger partial charge on any atom is -0.476 e. The van der Waals surface area contributed by atoms with E-state index in [1.165, 1.54) is 11.3 Å². The van der Waals surface area contributed by atoms with Crippen molar-refractivity contribution in [2.24, 2.45) is 0 Å². The average molecular weight is 256 g/mol. The van der Waals surface area contributed by atoms with Gasteiger partial charge in [-0.2, -0.15) is 0 Å². The maximum absolute atomic E-state index is 11.1. The summed E-state index contributed by atoms with van der Waals surface area (Å²) in [7, 11) is 0. The maximum atomic E-state index is 11.1. The Morgan fingerprint density at radius 3 is 2.41 bits per heavy atom. The summed E-state index contributed by atoms with van der Waals surface area (Å²) >= 11 is 1.49. The number of nitrogens with zero attached hydrogens (tertiary/aromatic N) is 2. The lowest BCUT2D eigenvalue weighted by Crippen LogP contribution is -2.25. The third kappa shape index (κ3) is 4.09. The topological polar surface area (TPSA) is 53.4 Å². The van der Waals surface area contributed by atoms with Crippen LogP contribution in [0.15, 0.2) is 0 Å². The van der Waals surface area contributed by atoms with Crippen LogP contribution in [0.1, 0.15) is 47.1 Å². The van der Waals surface area contributed by atoms with Crippen LogP contribution in [0.2, 0.25) is 0 Å². The van der Waals surface area contributed by atoms with Gasteiger partial charge in [0.15, 0.2) is 5.69 Å². The first kappa shape index (κ1) is 14.1. The van der Waals surface area contributed by atoms with Crippen LogP contribution in [0, 0.1) is 6.92 Å². The van der Waals surface area contributed by atoms with E-state index < -0.39 is 5.97 Å². The van der Waals surface area contributed by atoms with Gasteiger partial charge < -0.3 is 5.11 Å². The molecule has 0 amide bonds. The van der Waals surface area contributed by atoms with Crippen molar-refractivity contribution in [3.8, 4) is 0 Å². The van der Waals surface area contributed by atoms with Crippen LogP contribution in [0.3, 0.4) is 0 Å². The van der Waals surface area contributed by atoms with Crippen LogP contribution < -0.4 is 0 Å². The molecule has 96 valence electrons. The predicted octanol–water partition coefficient (Wildman–Crippen LogP) is 2.77. The minimum atomic E-state index is -0.919. The molecular weight excluding hydrogens is 236 g/mol. The molecule has 0 fully saturated rings. The van der Waals surface area contributed by atoms with Crippen LogP contribution >= 0.6 is 11.3 Å². The number of hydrogen-bond donors (Lipinski definition) is 1. The lowest BCUT2D eigenvalue weighted by atomic mass is 10.3. The van der Waals surface area contributed by atoms with Gasteiger partial charge in [-0.25, -0.2) is 9.78 Å². The summed E-state index contributed by atoms with van der Waals surface area (Å²) in [6.07, 6.45) is 2.17. The van der Waals surface area contributed by atoms with Crippen molar-refractivity contribution in [2.45, 2.75) is 40.2 Å². The molecule has 0 saturated carbocycles. The zero-order valence-corrected chi connectivity index (χ0v) is 11.5. The molecule has 0 radical (unpaired) electrons. The van der Waals surface area contributed by atoms with E-state index in [9.17, 15) is 4.79 Å². The molecule has 0 aliphatic rings. The number of aromatic carboxylic acids is 1.